The highest BCUT2D eigenvalue weighted by Crippen LogP contribution is 2.38. The van der Waals surface area contributed by atoms with Crippen molar-refractivity contribution in [3.05, 3.63) is 45.3 Å². The van der Waals surface area contributed by atoms with Gasteiger partial charge < -0.3 is 14.8 Å². The van der Waals surface area contributed by atoms with Crippen molar-refractivity contribution < 1.29 is 19.1 Å². The van der Waals surface area contributed by atoms with Gasteiger partial charge in [-0.15, -0.1) is 11.3 Å². The van der Waals surface area contributed by atoms with Crippen molar-refractivity contribution in [1.82, 2.24) is 0 Å². The minimum Gasteiger partial charge on any atom is -0.481 e. The maximum absolute atomic E-state index is 12.6. The van der Waals surface area contributed by atoms with Crippen LogP contribution in [0.4, 0.5) is 5.00 Å². The van der Waals surface area contributed by atoms with E-state index in [0.717, 1.165) is 36.1 Å². The number of esters is 1. The van der Waals surface area contributed by atoms with E-state index >= 15 is 0 Å². The third-order valence-corrected chi connectivity index (χ3v) is 5.75. The van der Waals surface area contributed by atoms with Gasteiger partial charge in [0, 0.05) is 9.90 Å². The van der Waals surface area contributed by atoms with Crippen molar-refractivity contribution in [2.75, 3.05) is 12.4 Å². The van der Waals surface area contributed by atoms with E-state index in [0.29, 0.717) is 21.3 Å². The summed E-state index contributed by atoms with van der Waals surface area (Å²) < 4.78 is 10.6. The van der Waals surface area contributed by atoms with E-state index in [1.807, 2.05) is 0 Å². The number of aryl methyl sites for hydroxylation is 1. The Morgan fingerprint density at radius 1 is 1.19 bits per heavy atom. The Kier molecular flexibility index (Phi) is 5.84. The molecular weight excluding hydrogens is 374 g/mol. The molecule has 0 saturated heterocycles. The highest BCUT2D eigenvalue weighted by Gasteiger charge is 2.28. The normalized spacial score (nSPS) is 14.3. The molecule has 0 aliphatic heterocycles. The number of halogens is 1. The zero-order valence-electron chi connectivity index (χ0n) is 14.6. The van der Waals surface area contributed by atoms with E-state index in [-0.39, 0.29) is 5.91 Å². The first-order valence-corrected chi connectivity index (χ1v) is 9.65. The Morgan fingerprint density at radius 2 is 1.88 bits per heavy atom. The fourth-order valence-corrected chi connectivity index (χ4v) is 4.36. The smallest absolute Gasteiger partial charge is 0.341 e. The molecule has 0 spiro atoms. The van der Waals surface area contributed by atoms with Gasteiger partial charge in [-0.3, -0.25) is 4.79 Å². The maximum Gasteiger partial charge on any atom is 0.341 e. The van der Waals surface area contributed by atoms with Gasteiger partial charge in [-0.05, 0) is 62.4 Å². The van der Waals surface area contributed by atoms with Gasteiger partial charge in [0.1, 0.15) is 10.8 Å². The number of thiophene rings is 1. The third-order valence-electron chi connectivity index (χ3n) is 4.29. The minimum atomic E-state index is -0.721. The molecule has 1 atom stereocenters. The first kappa shape index (κ1) is 18.7. The summed E-state index contributed by atoms with van der Waals surface area (Å²) in [4.78, 5) is 25.9. The van der Waals surface area contributed by atoms with E-state index in [2.05, 4.69) is 5.32 Å². The molecule has 138 valence electrons. The van der Waals surface area contributed by atoms with Crippen LogP contribution in [0.25, 0.3) is 0 Å². The number of carbonyl (C=O) groups excluding carboxylic acids is 2. The summed E-state index contributed by atoms with van der Waals surface area (Å²) >= 11 is 7.31. The molecule has 1 aromatic carbocycles. The molecular formula is C19H20ClNO4S. The Hall–Kier alpha value is -2.05. The largest absolute Gasteiger partial charge is 0.481 e. The van der Waals surface area contributed by atoms with E-state index in [4.69, 9.17) is 21.1 Å². The van der Waals surface area contributed by atoms with Gasteiger partial charge in [-0.2, -0.15) is 0 Å². The van der Waals surface area contributed by atoms with Gasteiger partial charge in [0.05, 0.1) is 12.7 Å². The number of fused-ring (bicyclic) bond motifs is 1. The molecule has 0 unspecified atom stereocenters. The summed E-state index contributed by atoms with van der Waals surface area (Å²) in [6, 6.07) is 6.81. The van der Waals surface area contributed by atoms with Crippen molar-refractivity contribution >= 4 is 39.8 Å². The fraction of sp³-hybridized carbons (Fsp3) is 0.368. The first-order chi connectivity index (χ1) is 12.5. The molecule has 7 heteroatoms. The third kappa shape index (κ3) is 4.02. The average Bonchev–Trinajstić information content (AvgIpc) is 3.00. The van der Waals surface area contributed by atoms with Crippen LogP contribution in [0.3, 0.4) is 0 Å². The van der Waals surface area contributed by atoms with Crippen LogP contribution in [-0.2, 0) is 22.4 Å². The molecule has 1 aliphatic rings. The van der Waals surface area contributed by atoms with Crippen molar-refractivity contribution in [3.63, 3.8) is 0 Å². The van der Waals surface area contributed by atoms with Gasteiger partial charge in [0.15, 0.2) is 6.10 Å². The van der Waals surface area contributed by atoms with Crippen LogP contribution in [-0.4, -0.2) is 25.1 Å². The van der Waals surface area contributed by atoms with Gasteiger partial charge in [0.2, 0.25) is 0 Å². The molecule has 1 aliphatic carbocycles. The number of ether oxygens (including phenoxy) is 2. The summed E-state index contributed by atoms with van der Waals surface area (Å²) in [5.41, 5.74) is 1.49. The second kappa shape index (κ2) is 8.10. The van der Waals surface area contributed by atoms with Gasteiger partial charge in [0.25, 0.3) is 5.91 Å². The molecule has 5 nitrogen and oxygen atoms in total. The number of benzene rings is 1. The lowest BCUT2D eigenvalue weighted by molar-refractivity contribution is -0.122. The molecule has 1 heterocycles. The number of hydrogen-bond acceptors (Lipinski definition) is 5. The highest BCUT2D eigenvalue weighted by molar-refractivity contribution is 7.17. The summed E-state index contributed by atoms with van der Waals surface area (Å²) in [6.07, 6.45) is 3.18. The Balaban J connectivity index is 1.77. The molecule has 1 amide bonds. The first-order valence-electron chi connectivity index (χ1n) is 8.45. The number of amides is 1. The number of anilines is 1. The van der Waals surface area contributed by atoms with Crippen molar-refractivity contribution in [1.29, 1.82) is 0 Å². The SMILES string of the molecule is COC(=O)c1c(NC(=O)[C@@H](C)Oc2ccc(Cl)cc2)sc2c1CCCC2. The summed E-state index contributed by atoms with van der Waals surface area (Å²) in [5.74, 6) is -0.176. The minimum absolute atomic E-state index is 0.316. The molecule has 0 saturated carbocycles. The lowest BCUT2D eigenvalue weighted by Gasteiger charge is -2.15. The van der Waals surface area contributed by atoms with Crippen LogP contribution in [0.15, 0.2) is 24.3 Å². The van der Waals surface area contributed by atoms with Crippen molar-refractivity contribution in [2.45, 2.75) is 38.7 Å². The van der Waals surface area contributed by atoms with Gasteiger partial charge in [-0.25, -0.2) is 4.79 Å². The molecule has 2 aromatic rings. The van der Waals surface area contributed by atoms with Crippen LogP contribution in [0.1, 0.15) is 40.6 Å². The fourth-order valence-electron chi connectivity index (χ4n) is 2.96. The lowest BCUT2D eigenvalue weighted by Crippen LogP contribution is -2.30. The highest BCUT2D eigenvalue weighted by atomic mass is 35.5. The van der Waals surface area contributed by atoms with E-state index < -0.39 is 12.1 Å². The van der Waals surface area contributed by atoms with Crippen molar-refractivity contribution in [2.24, 2.45) is 0 Å². The average molecular weight is 394 g/mol. The molecule has 3 rings (SSSR count). The molecule has 26 heavy (non-hydrogen) atoms. The van der Waals surface area contributed by atoms with Crippen LogP contribution < -0.4 is 10.1 Å². The zero-order valence-corrected chi connectivity index (χ0v) is 16.2. The maximum atomic E-state index is 12.6. The van der Waals surface area contributed by atoms with Crippen LogP contribution in [0.2, 0.25) is 5.02 Å². The molecule has 1 N–H and O–H groups in total. The quantitative estimate of drug-likeness (QED) is 0.761. The number of nitrogens with one attached hydrogen (secondary N) is 1. The number of hydrogen-bond donors (Lipinski definition) is 1. The Labute approximate surface area is 161 Å². The number of carbonyl (C=O) groups is 2. The molecule has 0 bridgehead atoms. The Bertz CT molecular complexity index is 816. The molecule has 1 aromatic heterocycles. The predicted octanol–water partition coefficient (Wildman–Crippen LogP) is 4.47. The van der Waals surface area contributed by atoms with E-state index in [9.17, 15) is 9.59 Å². The second-order valence-corrected chi connectivity index (χ2v) is 7.65. The van der Waals surface area contributed by atoms with Crippen molar-refractivity contribution in [3.8, 4) is 5.75 Å². The summed E-state index contributed by atoms with van der Waals surface area (Å²) in [6.45, 7) is 1.66. The van der Waals surface area contributed by atoms with Crippen LogP contribution >= 0.6 is 22.9 Å². The zero-order chi connectivity index (χ0) is 18.7. The monoisotopic (exact) mass is 393 g/mol. The lowest BCUT2D eigenvalue weighted by atomic mass is 9.95. The van der Waals surface area contributed by atoms with Gasteiger partial charge >= 0.3 is 5.97 Å². The predicted molar refractivity (Wildman–Crippen MR) is 102 cm³/mol. The summed E-state index contributed by atoms with van der Waals surface area (Å²) in [5, 5.41) is 3.98. The van der Waals surface area contributed by atoms with E-state index in [1.54, 1.807) is 31.2 Å². The summed E-state index contributed by atoms with van der Waals surface area (Å²) in [7, 11) is 1.35. The number of rotatable bonds is 5. The topological polar surface area (TPSA) is 64.6 Å². The van der Waals surface area contributed by atoms with Gasteiger partial charge in [-0.1, -0.05) is 11.6 Å². The van der Waals surface area contributed by atoms with E-state index in [1.165, 1.54) is 18.4 Å². The second-order valence-electron chi connectivity index (χ2n) is 6.11. The number of methoxy groups -OCH3 is 1. The Morgan fingerprint density at radius 3 is 2.58 bits per heavy atom. The van der Waals surface area contributed by atoms with Crippen LogP contribution in [0.5, 0.6) is 5.75 Å². The standard InChI is InChI=1S/C19H20ClNO4S/c1-11(25-13-9-7-12(20)8-10-13)17(22)21-18-16(19(23)24-2)14-5-3-4-6-15(14)26-18/h7-11H,3-6H2,1-2H3,(H,21,22)/t11-/m1/s1. The molecule has 0 radical (unpaired) electrons. The molecule has 0 fully saturated rings. The van der Waals surface area contributed by atoms with Crippen LogP contribution in [0, 0.1) is 0 Å².